The molecule has 0 aliphatic heterocycles. The average molecular weight is 278 g/mol. The van der Waals surface area contributed by atoms with Crippen LogP contribution in [0, 0.1) is 0 Å². The molecule has 0 fully saturated rings. The normalized spacial score (nSPS) is 10.1. The largest absolute Gasteiger partial charge is 0.493 e. The van der Waals surface area contributed by atoms with Gasteiger partial charge in [-0.3, -0.25) is 4.79 Å². The number of aromatic amines is 1. The number of nitrogens with zero attached hydrogens (tertiary/aromatic N) is 3. The van der Waals surface area contributed by atoms with E-state index in [0.29, 0.717) is 24.0 Å². The number of ether oxygens (including phenoxy) is 2. The van der Waals surface area contributed by atoms with Gasteiger partial charge in [0.1, 0.15) is 0 Å². The minimum absolute atomic E-state index is 0.198. The summed E-state index contributed by atoms with van der Waals surface area (Å²) in [5.74, 6) is 0.821. The second-order valence-electron chi connectivity index (χ2n) is 3.83. The second-order valence-corrected chi connectivity index (χ2v) is 3.83. The van der Waals surface area contributed by atoms with E-state index in [1.54, 1.807) is 12.1 Å². The minimum Gasteiger partial charge on any atom is -0.493 e. The monoisotopic (exact) mass is 278 g/mol. The molecule has 0 aliphatic rings. The van der Waals surface area contributed by atoms with Crippen molar-refractivity contribution in [3.63, 3.8) is 0 Å². The lowest BCUT2D eigenvalue weighted by Crippen LogP contribution is -2.20. The number of amides is 1. The van der Waals surface area contributed by atoms with Crippen molar-refractivity contribution < 1.29 is 14.3 Å². The number of carbonyl (C=O) groups is 1. The summed E-state index contributed by atoms with van der Waals surface area (Å²) in [4.78, 5) is 10.7. The topological polar surface area (TPSA) is 128 Å². The smallest absolute Gasteiger partial charge is 0.263 e. The van der Waals surface area contributed by atoms with Crippen LogP contribution in [0.15, 0.2) is 18.2 Å². The van der Waals surface area contributed by atoms with Crippen LogP contribution in [0.4, 0.5) is 5.95 Å². The first-order valence-corrected chi connectivity index (χ1v) is 5.74. The molecule has 0 radical (unpaired) electrons. The van der Waals surface area contributed by atoms with Gasteiger partial charge < -0.3 is 20.5 Å². The summed E-state index contributed by atoms with van der Waals surface area (Å²) in [6.45, 7) is 0.294. The molecule has 0 unspecified atom stereocenters. The van der Waals surface area contributed by atoms with E-state index in [1.165, 1.54) is 7.11 Å². The maximum atomic E-state index is 10.7. The molecule has 1 aromatic heterocycles. The van der Waals surface area contributed by atoms with Crippen molar-refractivity contribution in [2.75, 3.05) is 19.0 Å². The van der Waals surface area contributed by atoms with Crippen LogP contribution >= 0.6 is 0 Å². The molecule has 0 saturated carbocycles. The third-order valence-electron chi connectivity index (χ3n) is 2.39. The van der Waals surface area contributed by atoms with Gasteiger partial charge in [-0.1, -0.05) is 11.2 Å². The lowest BCUT2D eigenvalue weighted by atomic mass is 10.2. The molecule has 1 heterocycles. The maximum Gasteiger partial charge on any atom is 0.263 e. The summed E-state index contributed by atoms with van der Waals surface area (Å²) >= 11 is 0. The summed E-state index contributed by atoms with van der Waals surface area (Å²) in [6, 6.07) is 5.31. The van der Waals surface area contributed by atoms with E-state index in [2.05, 4.69) is 25.9 Å². The molecule has 0 bridgehead atoms. The predicted molar refractivity (Wildman–Crippen MR) is 69.2 cm³/mol. The Morgan fingerprint density at radius 1 is 1.45 bits per heavy atom. The Kier molecular flexibility index (Phi) is 4.32. The number of hydrogen-bond donors (Lipinski definition) is 3. The van der Waals surface area contributed by atoms with Gasteiger partial charge >= 0.3 is 0 Å². The molecule has 2 aromatic rings. The number of aromatic nitrogens is 4. The van der Waals surface area contributed by atoms with Gasteiger partial charge in [0.2, 0.25) is 0 Å². The molecule has 106 valence electrons. The lowest BCUT2D eigenvalue weighted by Gasteiger charge is -2.11. The van der Waals surface area contributed by atoms with Crippen LogP contribution in [0.5, 0.6) is 11.5 Å². The highest BCUT2D eigenvalue weighted by Crippen LogP contribution is 2.28. The number of methoxy groups -OCH3 is 1. The van der Waals surface area contributed by atoms with Crippen molar-refractivity contribution >= 4 is 11.9 Å². The molecule has 0 saturated heterocycles. The zero-order valence-corrected chi connectivity index (χ0v) is 10.8. The number of carbonyl (C=O) groups excluding carboxylic acids is 1. The summed E-state index contributed by atoms with van der Waals surface area (Å²) in [5.41, 5.74) is 5.95. The molecular weight excluding hydrogens is 264 g/mol. The first-order valence-electron chi connectivity index (χ1n) is 5.74. The zero-order chi connectivity index (χ0) is 14.4. The van der Waals surface area contributed by atoms with Crippen molar-refractivity contribution in [3.8, 4) is 11.5 Å². The standard InChI is InChI=1S/C11H14N6O3/c1-19-9-4-7(5-13-11-14-16-17-15-11)2-3-8(9)20-6-10(12)18/h2-4H,5-6H2,1H3,(H2,12,18)(H2,13,14,15,16,17). The first kappa shape index (κ1) is 13.6. The highest BCUT2D eigenvalue weighted by Gasteiger charge is 2.07. The Balaban J connectivity index is 2.02. The Morgan fingerprint density at radius 3 is 2.95 bits per heavy atom. The van der Waals surface area contributed by atoms with E-state index in [-0.39, 0.29) is 6.61 Å². The fourth-order valence-corrected chi connectivity index (χ4v) is 1.51. The number of anilines is 1. The van der Waals surface area contributed by atoms with Crippen molar-refractivity contribution in [2.45, 2.75) is 6.54 Å². The number of primary amides is 1. The van der Waals surface area contributed by atoms with Gasteiger partial charge in [-0.25, -0.2) is 0 Å². The first-order chi connectivity index (χ1) is 9.69. The number of tetrazole rings is 1. The molecule has 1 aromatic carbocycles. The molecule has 0 atom stereocenters. The number of rotatable bonds is 7. The predicted octanol–water partition coefficient (Wildman–Crippen LogP) is -0.315. The van der Waals surface area contributed by atoms with E-state index in [9.17, 15) is 4.79 Å². The van der Waals surface area contributed by atoms with Crippen molar-refractivity contribution in [1.82, 2.24) is 20.6 Å². The molecule has 2 rings (SSSR count). The van der Waals surface area contributed by atoms with Gasteiger partial charge in [0, 0.05) is 6.54 Å². The summed E-state index contributed by atoms with van der Waals surface area (Å²) in [7, 11) is 1.52. The Hall–Kier alpha value is -2.84. The number of nitrogens with one attached hydrogen (secondary N) is 2. The van der Waals surface area contributed by atoms with Crippen LogP contribution in [0.25, 0.3) is 0 Å². The van der Waals surface area contributed by atoms with Crippen LogP contribution < -0.4 is 20.5 Å². The zero-order valence-electron chi connectivity index (χ0n) is 10.8. The number of nitrogens with two attached hydrogens (primary N) is 1. The van der Waals surface area contributed by atoms with Gasteiger partial charge in [-0.2, -0.15) is 5.21 Å². The van der Waals surface area contributed by atoms with Crippen LogP contribution in [-0.4, -0.2) is 40.2 Å². The van der Waals surface area contributed by atoms with Crippen LogP contribution in [-0.2, 0) is 11.3 Å². The Morgan fingerprint density at radius 2 is 2.30 bits per heavy atom. The molecule has 0 spiro atoms. The van der Waals surface area contributed by atoms with Crippen LogP contribution in [0.2, 0.25) is 0 Å². The van der Waals surface area contributed by atoms with E-state index in [0.717, 1.165) is 5.56 Å². The quantitative estimate of drug-likeness (QED) is 0.633. The third kappa shape index (κ3) is 3.57. The molecule has 0 aliphatic carbocycles. The summed E-state index contributed by atoms with van der Waals surface area (Å²) in [6.07, 6.45) is 0. The van der Waals surface area contributed by atoms with Gasteiger partial charge in [0.15, 0.2) is 18.1 Å². The third-order valence-corrected chi connectivity index (χ3v) is 2.39. The number of benzene rings is 1. The Labute approximate surface area is 114 Å². The van der Waals surface area contributed by atoms with Gasteiger partial charge in [0.25, 0.3) is 11.9 Å². The Bertz CT molecular complexity index is 572. The number of H-pyrrole nitrogens is 1. The maximum absolute atomic E-state index is 10.7. The van der Waals surface area contributed by atoms with E-state index in [1.807, 2.05) is 6.07 Å². The molecule has 20 heavy (non-hydrogen) atoms. The molecule has 9 nitrogen and oxygen atoms in total. The molecule has 9 heteroatoms. The molecular formula is C11H14N6O3. The molecule has 1 amide bonds. The average Bonchev–Trinajstić information content (AvgIpc) is 2.96. The minimum atomic E-state index is -0.546. The van der Waals surface area contributed by atoms with E-state index in [4.69, 9.17) is 15.2 Å². The molecule has 4 N–H and O–H groups in total. The summed E-state index contributed by atoms with van der Waals surface area (Å²) < 4.78 is 10.4. The van der Waals surface area contributed by atoms with E-state index >= 15 is 0 Å². The van der Waals surface area contributed by atoms with E-state index < -0.39 is 5.91 Å². The van der Waals surface area contributed by atoms with Gasteiger partial charge in [0.05, 0.1) is 7.11 Å². The van der Waals surface area contributed by atoms with Crippen LogP contribution in [0.1, 0.15) is 5.56 Å². The van der Waals surface area contributed by atoms with Crippen molar-refractivity contribution in [2.24, 2.45) is 5.73 Å². The second kappa shape index (κ2) is 6.36. The van der Waals surface area contributed by atoms with Gasteiger partial charge in [-0.05, 0) is 22.9 Å². The van der Waals surface area contributed by atoms with Crippen molar-refractivity contribution in [3.05, 3.63) is 23.8 Å². The lowest BCUT2D eigenvalue weighted by molar-refractivity contribution is -0.119. The van der Waals surface area contributed by atoms with Crippen molar-refractivity contribution in [1.29, 1.82) is 0 Å². The highest BCUT2D eigenvalue weighted by atomic mass is 16.5. The highest BCUT2D eigenvalue weighted by molar-refractivity contribution is 5.75. The SMILES string of the molecule is COc1cc(CNc2nn[nH]n2)ccc1OCC(N)=O. The number of hydrogen-bond acceptors (Lipinski definition) is 7. The summed E-state index contributed by atoms with van der Waals surface area (Å²) in [5, 5.41) is 16.3. The fraction of sp³-hybridized carbons (Fsp3) is 0.273. The van der Waals surface area contributed by atoms with Gasteiger partial charge in [-0.15, -0.1) is 5.10 Å². The fourth-order valence-electron chi connectivity index (χ4n) is 1.51. The van der Waals surface area contributed by atoms with Crippen LogP contribution in [0.3, 0.4) is 0 Å².